The third-order valence-corrected chi connectivity index (χ3v) is 4.42. The van der Waals surface area contributed by atoms with E-state index in [0.717, 1.165) is 58.2 Å². The van der Waals surface area contributed by atoms with Crippen molar-refractivity contribution in [3.05, 3.63) is 0 Å². The maximum absolute atomic E-state index is 11.8. The molecule has 0 aromatic carbocycles. The van der Waals surface area contributed by atoms with Crippen LogP contribution in [0.3, 0.4) is 0 Å². The lowest BCUT2D eigenvalue weighted by Gasteiger charge is -2.21. The van der Waals surface area contributed by atoms with Crippen LogP contribution in [0.5, 0.6) is 0 Å². The van der Waals surface area contributed by atoms with Crippen LogP contribution in [-0.4, -0.2) is 37.5 Å². The lowest BCUT2D eigenvalue weighted by molar-refractivity contribution is -0.150. The molecule has 21 heavy (non-hydrogen) atoms. The van der Waals surface area contributed by atoms with Crippen molar-refractivity contribution < 1.29 is 19.0 Å². The Kier molecular flexibility index (Phi) is 7.51. The van der Waals surface area contributed by atoms with Crippen LogP contribution in [0.2, 0.25) is 0 Å². The highest BCUT2D eigenvalue weighted by molar-refractivity contribution is 5.69. The van der Waals surface area contributed by atoms with Crippen LogP contribution in [0, 0.1) is 0 Å². The van der Waals surface area contributed by atoms with Gasteiger partial charge in [-0.1, -0.05) is 6.92 Å². The fourth-order valence-corrected chi connectivity index (χ4v) is 3.20. The van der Waals surface area contributed by atoms with Crippen molar-refractivity contribution in [2.75, 3.05) is 13.2 Å². The Morgan fingerprint density at radius 2 is 1.67 bits per heavy atom. The average Bonchev–Trinajstić information content (AvgIpc) is 3.15. The van der Waals surface area contributed by atoms with E-state index in [0.29, 0.717) is 18.6 Å². The Hall–Kier alpha value is -0.610. The molecule has 122 valence electrons. The van der Waals surface area contributed by atoms with Crippen LogP contribution >= 0.6 is 0 Å². The van der Waals surface area contributed by atoms with E-state index in [-0.39, 0.29) is 12.1 Å². The summed E-state index contributed by atoms with van der Waals surface area (Å²) in [5, 5.41) is 0. The highest BCUT2D eigenvalue weighted by Gasteiger charge is 2.22. The molecule has 0 saturated carbocycles. The SMILES string of the molecule is CCCC(=O)OC(CC[C@H]1CCCO1)CC[C@H]1CCCO1. The molecule has 2 atom stereocenters. The lowest BCUT2D eigenvalue weighted by Crippen LogP contribution is -2.22. The summed E-state index contributed by atoms with van der Waals surface area (Å²) in [5.74, 6) is -0.0535. The standard InChI is InChI=1S/C17H30O4/c1-2-5-17(18)21-16(10-8-14-6-3-12-19-14)11-9-15-7-4-13-20-15/h14-16H,2-13H2,1H3/t14-,15-/m1/s1. The molecule has 0 aliphatic carbocycles. The summed E-state index contributed by atoms with van der Waals surface area (Å²) in [6, 6.07) is 0. The van der Waals surface area contributed by atoms with E-state index in [1.165, 1.54) is 12.8 Å². The summed E-state index contributed by atoms with van der Waals surface area (Å²) in [5.41, 5.74) is 0. The Morgan fingerprint density at radius 3 is 2.10 bits per heavy atom. The Morgan fingerprint density at radius 1 is 1.10 bits per heavy atom. The van der Waals surface area contributed by atoms with Crippen LogP contribution < -0.4 is 0 Å². The van der Waals surface area contributed by atoms with Crippen LogP contribution in [0.1, 0.15) is 71.1 Å². The minimum atomic E-state index is -0.0535. The number of esters is 1. The van der Waals surface area contributed by atoms with E-state index in [9.17, 15) is 4.79 Å². The molecule has 0 aromatic rings. The van der Waals surface area contributed by atoms with E-state index in [1.54, 1.807) is 0 Å². The Bertz CT molecular complexity index is 273. The second-order valence-electron chi connectivity index (χ2n) is 6.29. The molecule has 4 heteroatoms. The second kappa shape index (κ2) is 9.42. The van der Waals surface area contributed by atoms with Crippen molar-refractivity contribution in [3.63, 3.8) is 0 Å². The van der Waals surface area contributed by atoms with Gasteiger partial charge in [0.2, 0.25) is 0 Å². The van der Waals surface area contributed by atoms with Crippen molar-refractivity contribution >= 4 is 5.97 Å². The molecule has 2 rings (SSSR count). The average molecular weight is 298 g/mol. The quantitative estimate of drug-likeness (QED) is 0.610. The molecule has 0 aromatic heterocycles. The van der Waals surface area contributed by atoms with Gasteiger partial charge in [-0.2, -0.15) is 0 Å². The molecule has 0 bridgehead atoms. The van der Waals surface area contributed by atoms with Gasteiger partial charge in [0.25, 0.3) is 0 Å². The van der Waals surface area contributed by atoms with Crippen LogP contribution in [0.4, 0.5) is 0 Å². The number of carbonyl (C=O) groups excluding carboxylic acids is 1. The van der Waals surface area contributed by atoms with Gasteiger partial charge < -0.3 is 14.2 Å². The summed E-state index contributed by atoms with van der Waals surface area (Å²) in [7, 11) is 0. The maximum atomic E-state index is 11.8. The van der Waals surface area contributed by atoms with E-state index >= 15 is 0 Å². The molecule has 2 aliphatic rings. The summed E-state index contributed by atoms with van der Waals surface area (Å²) in [4.78, 5) is 11.8. The summed E-state index contributed by atoms with van der Waals surface area (Å²) < 4.78 is 17.0. The molecular weight excluding hydrogens is 268 g/mol. The normalized spacial score (nSPS) is 25.6. The zero-order valence-corrected chi connectivity index (χ0v) is 13.4. The fraction of sp³-hybridized carbons (Fsp3) is 0.941. The molecule has 2 aliphatic heterocycles. The van der Waals surface area contributed by atoms with Crippen molar-refractivity contribution in [2.45, 2.75) is 89.4 Å². The first-order chi connectivity index (χ1) is 10.3. The fourth-order valence-electron chi connectivity index (χ4n) is 3.20. The van der Waals surface area contributed by atoms with Crippen molar-refractivity contribution in [1.82, 2.24) is 0 Å². The van der Waals surface area contributed by atoms with Crippen molar-refractivity contribution in [2.24, 2.45) is 0 Å². The first-order valence-electron chi connectivity index (χ1n) is 8.70. The van der Waals surface area contributed by atoms with E-state index in [4.69, 9.17) is 14.2 Å². The van der Waals surface area contributed by atoms with Gasteiger partial charge in [-0.25, -0.2) is 0 Å². The van der Waals surface area contributed by atoms with Crippen LogP contribution in [0.25, 0.3) is 0 Å². The monoisotopic (exact) mass is 298 g/mol. The maximum Gasteiger partial charge on any atom is 0.306 e. The minimum absolute atomic E-state index is 0.0393. The van der Waals surface area contributed by atoms with Gasteiger partial charge in [0, 0.05) is 19.6 Å². The molecule has 0 spiro atoms. The molecule has 0 amide bonds. The largest absolute Gasteiger partial charge is 0.462 e. The molecule has 4 nitrogen and oxygen atoms in total. The topological polar surface area (TPSA) is 44.8 Å². The predicted octanol–water partition coefficient (Wildman–Crippen LogP) is 3.62. The van der Waals surface area contributed by atoms with E-state index in [1.807, 2.05) is 6.92 Å². The van der Waals surface area contributed by atoms with Crippen LogP contribution in [-0.2, 0) is 19.0 Å². The first kappa shape index (κ1) is 16.8. The molecule has 0 radical (unpaired) electrons. The zero-order valence-electron chi connectivity index (χ0n) is 13.4. The Balaban J connectivity index is 1.72. The number of hydrogen-bond acceptors (Lipinski definition) is 4. The summed E-state index contributed by atoms with van der Waals surface area (Å²) in [6.45, 7) is 3.79. The minimum Gasteiger partial charge on any atom is -0.462 e. The lowest BCUT2D eigenvalue weighted by atomic mass is 10.0. The smallest absolute Gasteiger partial charge is 0.306 e. The van der Waals surface area contributed by atoms with Crippen molar-refractivity contribution in [1.29, 1.82) is 0 Å². The van der Waals surface area contributed by atoms with E-state index < -0.39 is 0 Å². The summed E-state index contributed by atoms with van der Waals surface area (Å²) >= 11 is 0. The highest BCUT2D eigenvalue weighted by Crippen LogP contribution is 2.23. The molecule has 2 saturated heterocycles. The van der Waals surface area contributed by atoms with Crippen LogP contribution in [0.15, 0.2) is 0 Å². The van der Waals surface area contributed by atoms with Gasteiger partial charge in [0.1, 0.15) is 6.10 Å². The zero-order chi connectivity index (χ0) is 14.9. The number of carbonyl (C=O) groups is 1. The van der Waals surface area contributed by atoms with Gasteiger partial charge in [0.15, 0.2) is 0 Å². The first-order valence-corrected chi connectivity index (χ1v) is 8.70. The highest BCUT2D eigenvalue weighted by atomic mass is 16.5. The van der Waals surface area contributed by atoms with E-state index in [2.05, 4.69) is 0 Å². The molecule has 2 fully saturated rings. The number of hydrogen-bond donors (Lipinski definition) is 0. The third-order valence-electron chi connectivity index (χ3n) is 4.42. The van der Waals surface area contributed by atoms with Gasteiger partial charge in [0.05, 0.1) is 12.2 Å². The number of ether oxygens (including phenoxy) is 3. The third kappa shape index (κ3) is 6.35. The molecule has 2 heterocycles. The Labute approximate surface area is 128 Å². The van der Waals surface area contributed by atoms with Gasteiger partial charge in [-0.3, -0.25) is 4.79 Å². The molecule has 0 unspecified atom stereocenters. The number of rotatable bonds is 9. The molecular formula is C17H30O4. The predicted molar refractivity (Wildman–Crippen MR) is 81.2 cm³/mol. The van der Waals surface area contributed by atoms with Gasteiger partial charge in [-0.05, 0) is 57.8 Å². The van der Waals surface area contributed by atoms with Gasteiger partial charge in [-0.15, -0.1) is 0 Å². The van der Waals surface area contributed by atoms with Crippen molar-refractivity contribution in [3.8, 4) is 0 Å². The van der Waals surface area contributed by atoms with Gasteiger partial charge >= 0.3 is 5.97 Å². The summed E-state index contributed by atoms with van der Waals surface area (Å²) in [6.07, 6.45) is 10.7. The second-order valence-corrected chi connectivity index (χ2v) is 6.29. The molecule has 0 N–H and O–H groups in total.